The van der Waals surface area contributed by atoms with Gasteiger partial charge in [0, 0.05) is 17.0 Å². The lowest BCUT2D eigenvalue weighted by Crippen LogP contribution is -2.51. The van der Waals surface area contributed by atoms with E-state index in [0.717, 1.165) is 4.90 Å². The average molecular weight is 372 g/mol. The van der Waals surface area contributed by atoms with E-state index >= 15 is 0 Å². The van der Waals surface area contributed by atoms with Gasteiger partial charge < -0.3 is 14.0 Å². The van der Waals surface area contributed by atoms with E-state index in [0.29, 0.717) is 12.1 Å². The highest BCUT2D eigenvalue weighted by atomic mass is 32.2. The molecule has 0 heterocycles. The van der Waals surface area contributed by atoms with Crippen molar-refractivity contribution in [2.45, 2.75) is 50.8 Å². The molecule has 1 aromatic rings. The first-order valence-corrected chi connectivity index (χ1v) is 11.1. The maximum Gasteiger partial charge on any atom is 0.338 e. The van der Waals surface area contributed by atoms with Crippen molar-refractivity contribution in [3.8, 4) is 0 Å². The third kappa shape index (κ3) is 5.65. The van der Waals surface area contributed by atoms with Crippen molar-refractivity contribution in [1.29, 1.82) is 0 Å². The molecule has 3 atom stereocenters. The van der Waals surface area contributed by atoms with E-state index in [1.54, 1.807) is 25.6 Å². The van der Waals surface area contributed by atoms with Crippen molar-refractivity contribution in [1.82, 2.24) is 0 Å². The van der Waals surface area contributed by atoms with Gasteiger partial charge in [-0.15, -0.1) is 11.8 Å². The van der Waals surface area contributed by atoms with E-state index in [1.165, 1.54) is 0 Å². The van der Waals surface area contributed by atoms with Crippen molar-refractivity contribution in [2.75, 3.05) is 18.7 Å². The Morgan fingerprint density at radius 3 is 2.33 bits per heavy atom. The largest absolute Gasteiger partial charge is 0.464 e. The van der Waals surface area contributed by atoms with Crippen molar-refractivity contribution >= 4 is 25.5 Å². The van der Waals surface area contributed by atoms with Gasteiger partial charge in [0.1, 0.15) is 0 Å². The van der Waals surface area contributed by atoms with E-state index in [4.69, 9.17) is 9.47 Å². The minimum Gasteiger partial charge on any atom is -0.464 e. The summed E-state index contributed by atoms with van der Waals surface area (Å²) in [5.41, 5.74) is -1.05. The molecule has 0 saturated carbocycles. The normalized spacial score (nSPS) is 16.4. The fraction of sp³-hybridized carbons (Fsp3) is 0.611. The van der Waals surface area contributed by atoms with Crippen molar-refractivity contribution in [3.05, 3.63) is 30.3 Å². The van der Waals surface area contributed by atoms with Gasteiger partial charge in [0.05, 0.1) is 20.1 Å². The molecule has 0 spiro atoms. The van der Waals surface area contributed by atoms with Crippen LogP contribution in [0.5, 0.6) is 0 Å². The molecular formula is C18H29O4PS. The Morgan fingerprint density at radius 1 is 1.21 bits per heavy atom. The number of carbonyl (C=O) groups excluding carboxylic acids is 1. The zero-order chi connectivity index (χ0) is 18.2. The van der Waals surface area contributed by atoms with E-state index in [9.17, 15) is 9.36 Å². The van der Waals surface area contributed by atoms with Gasteiger partial charge in [-0.05, 0) is 38.8 Å². The molecule has 0 aromatic heterocycles. The van der Waals surface area contributed by atoms with Gasteiger partial charge >= 0.3 is 5.97 Å². The SMILES string of the molecule is CCOC(=O)C(C)(OCC)C(C(C)C)[PH](=O)CSc1ccccc1. The number of rotatable bonds is 10. The van der Waals surface area contributed by atoms with Crippen LogP contribution in [0.15, 0.2) is 35.2 Å². The number of carbonyl (C=O) groups is 1. The molecule has 6 heteroatoms. The first-order valence-electron chi connectivity index (χ1n) is 8.38. The molecule has 0 fully saturated rings. The van der Waals surface area contributed by atoms with Crippen LogP contribution < -0.4 is 0 Å². The molecule has 0 N–H and O–H groups in total. The summed E-state index contributed by atoms with van der Waals surface area (Å²) in [6.07, 6.45) is 0. The molecule has 136 valence electrons. The average Bonchev–Trinajstić information content (AvgIpc) is 2.54. The third-order valence-electron chi connectivity index (χ3n) is 3.86. The molecule has 4 nitrogen and oxygen atoms in total. The lowest BCUT2D eigenvalue weighted by Gasteiger charge is -2.37. The molecule has 0 aliphatic carbocycles. The molecule has 0 aliphatic heterocycles. The first-order chi connectivity index (χ1) is 11.4. The van der Waals surface area contributed by atoms with Gasteiger partial charge in [0.2, 0.25) is 0 Å². The van der Waals surface area contributed by atoms with E-state index in [2.05, 4.69) is 0 Å². The maximum absolute atomic E-state index is 13.1. The van der Waals surface area contributed by atoms with Gasteiger partial charge in [-0.25, -0.2) is 4.79 Å². The number of benzene rings is 1. The molecular weight excluding hydrogens is 343 g/mol. The van der Waals surface area contributed by atoms with Gasteiger partial charge in [-0.3, -0.25) is 0 Å². The predicted octanol–water partition coefficient (Wildman–Crippen LogP) is 4.68. The van der Waals surface area contributed by atoms with Crippen LogP contribution in [0.1, 0.15) is 34.6 Å². The topological polar surface area (TPSA) is 52.6 Å². The second-order valence-corrected chi connectivity index (χ2v) is 9.52. The van der Waals surface area contributed by atoms with Crippen LogP contribution in [-0.4, -0.2) is 35.9 Å². The molecule has 0 radical (unpaired) electrons. The summed E-state index contributed by atoms with van der Waals surface area (Å²) in [5.74, 6) is -0.373. The Morgan fingerprint density at radius 2 is 1.83 bits per heavy atom. The lowest BCUT2D eigenvalue weighted by atomic mass is 9.93. The Bertz CT molecular complexity index is 535. The third-order valence-corrected chi connectivity index (χ3v) is 8.09. The second kappa shape index (κ2) is 10.3. The summed E-state index contributed by atoms with van der Waals surface area (Å²) in [6, 6.07) is 9.87. The van der Waals surface area contributed by atoms with Crippen LogP contribution in [0.2, 0.25) is 0 Å². The van der Waals surface area contributed by atoms with E-state index in [1.807, 2.05) is 51.1 Å². The smallest absolute Gasteiger partial charge is 0.338 e. The van der Waals surface area contributed by atoms with E-state index < -0.39 is 19.4 Å². The summed E-state index contributed by atoms with van der Waals surface area (Å²) >= 11 is 1.56. The minimum atomic E-state index is -2.08. The van der Waals surface area contributed by atoms with Crippen molar-refractivity contribution in [3.63, 3.8) is 0 Å². The minimum absolute atomic E-state index is 0.0497. The molecule has 1 rings (SSSR count). The fourth-order valence-corrected chi connectivity index (χ4v) is 6.79. The number of hydrogen-bond acceptors (Lipinski definition) is 5. The van der Waals surface area contributed by atoms with Crippen LogP contribution in [0, 0.1) is 5.92 Å². The highest BCUT2D eigenvalue weighted by molar-refractivity contribution is 8.03. The Kier molecular flexibility index (Phi) is 9.11. The summed E-state index contributed by atoms with van der Waals surface area (Å²) < 4.78 is 24.1. The molecule has 0 bridgehead atoms. The monoisotopic (exact) mass is 372 g/mol. The molecule has 0 amide bonds. The first kappa shape index (κ1) is 21.3. The molecule has 24 heavy (non-hydrogen) atoms. The Labute approximate surface area is 150 Å². The van der Waals surface area contributed by atoms with Crippen LogP contribution in [-0.2, 0) is 18.8 Å². The summed E-state index contributed by atoms with van der Waals surface area (Å²) in [4.78, 5) is 13.6. The van der Waals surface area contributed by atoms with Crippen LogP contribution in [0.25, 0.3) is 0 Å². The number of hydrogen-bond donors (Lipinski definition) is 0. The van der Waals surface area contributed by atoms with Crippen molar-refractivity contribution < 1.29 is 18.8 Å². The fourth-order valence-electron chi connectivity index (χ4n) is 2.93. The zero-order valence-electron chi connectivity index (χ0n) is 15.2. The quantitative estimate of drug-likeness (QED) is 0.339. The van der Waals surface area contributed by atoms with Crippen LogP contribution in [0.3, 0.4) is 0 Å². The van der Waals surface area contributed by atoms with Gasteiger partial charge in [-0.1, -0.05) is 32.0 Å². The number of ether oxygens (including phenoxy) is 2. The summed E-state index contributed by atoms with van der Waals surface area (Å²) in [6.45, 7) is 9.95. The van der Waals surface area contributed by atoms with Crippen LogP contribution >= 0.6 is 19.6 Å². The number of esters is 1. The highest BCUT2D eigenvalue weighted by Gasteiger charge is 2.47. The van der Waals surface area contributed by atoms with Gasteiger partial charge in [0.25, 0.3) is 0 Å². The predicted molar refractivity (Wildman–Crippen MR) is 101 cm³/mol. The Hall–Kier alpha value is -0.770. The van der Waals surface area contributed by atoms with Gasteiger partial charge in [-0.2, -0.15) is 0 Å². The summed E-state index contributed by atoms with van der Waals surface area (Å²) in [7, 11) is -2.08. The molecule has 0 saturated heterocycles. The van der Waals surface area contributed by atoms with E-state index in [-0.39, 0.29) is 18.2 Å². The second-order valence-electron chi connectivity index (χ2n) is 6.05. The molecule has 0 aliphatic rings. The lowest BCUT2D eigenvalue weighted by molar-refractivity contribution is -0.170. The standard InChI is InChI=1S/C18H29O4PS/c1-6-21-17(19)18(5,22-7-2)16(14(3)4)23(20)13-24-15-11-9-8-10-12-15/h8-12,14,16,23H,6-7,13H2,1-5H3. The Balaban J connectivity index is 2.96. The zero-order valence-corrected chi connectivity index (χ0v) is 17.0. The summed E-state index contributed by atoms with van der Waals surface area (Å²) in [5, 5.41) is 0. The maximum atomic E-state index is 13.1. The van der Waals surface area contributed by atoms with Gasteiger partial charge in [0.15, 0.2) is 5.60 Å². The molecule has 1 aromatic carbocycles. The highest BCUT2D eigenvalue weighted by Crippen LogP contribution is 2.46. The van der Waals surface area contributed by atoms with Crippen molar-refractivity contribution in [2.24, 2.45) is 5.92 Å². The molecule has 3 unspecified atom stereocenters. The number of thioether (sulfide) groups is 1. The van der Waals surface area contributed by atoms with Crippen LogP contribution in [0.4, 0.5) is 0 Å².